The molecule has 0 heterocycles. The van der Waals surface area contributed by atoms with E-state index in [4.69, 9.17) is 0 Å². The van der Waals surface area contributed by atoms with Gasteiger partial charge < -0.3 is 16.0 Å². The number of carbonyl (C=O) groups excluding carboxylic acids is 2. The van der Waals surface area contributed by atoms with Crippen molar-refractivity contribution in [1.82, 2.24) is 16.0 Å². The van der Waals surface area contributed by atoms with Crippen molar-refractivity contribution < 1.29 is 9.59 Å². The second kappa shape index (κ2) is 10.0. The van der Waals surface area contributed by atoms with Crippen molar-refractivity contribution in [3.63, 3.8) is 0 Å². The Hall–Kier alpha value is -1.88. The van der Waals surface area contributed by atoms with E-state index in [2.05, 4.69) is 29.8 Å². The normalized spacial score (nSPS) is 13.4. The van der Waals surface area contributed by atoms with Gasteiger partial charge in [-0.05, 0) is 31.9 Å². The zero-order valence-electron chi connectivity index (χ0n) is 14.6. The van der Waals surface area contributed by atoms with Gasteiger partial charge in [0.25, 0.3) is 0 Å². The third kappa shape index (κ3) is 7.79. The minimum absolute atomic E-state index is 0.0852. The van der Waals surface area contributed by atoms with Crippen molar-refractivity contribution in [2.24, 2.45) is 5.92 Å². The van der Waals surface area contributed by atoms with Crippen LogP contribution in [0.1, 0.15) is 32.8 Å². The molecule has 5 nitrogen and oxygen atoms in total. The molecular weight excluding hydrogens is 290 g/mol. The second-order valence-corrected chi connectivity index (χ2v) is 6.38. The standard InChI is InChI=1S/C18H29N3O2/c1-13(2)10-14(3)20-18(23)16(21-17(22)12-19-4)11-15-8-6-5-7-9-15/h5-9,13-14,16,19H,10-12H2,1-4H3,(H,20,23)(H,21,22). The summed E-state index contributed by atoms with van der Waals surface area (Å²) in [6.07, 6.45) is 1.39. The van der Waals surface area contributed by atoms with Gasteiger partial charge >= 0.3 is 0 Å². The fourth-order valence-electron chi connectivity index (χ4n) is 2.57. The smallest absolute Gasteiger partial charge is 0.243 e. The van der Waals surface area contributed by atoms with Gasteiger partial charge in [0.2, 0.25) is 11.8 Å². The van der Waals surface area contributed by atoms with Gasteiger partial charge in [-0.2, -0.15) is 0 Å². The van der Waals surface area contributed by atoms with Crippen LogP contribution in [-0.2, 0) is 16.0 Å². The minimum Gasteiger partial charge on any atom is -0.352 e. The summed E-state index contributed by atoms with van der Waals surface area (Å²) < 4.78 is 0. The van der Waals surface area contributed by atoms with Crippen LogP contribution in [-0.4, -0.2) is 37.5 Å². The molecule has 23 heavy (non-hydrogen) atoms. The summed E-state index contributed by atoms with van der Waals surface area (Å²) in [4.78, 5) is 24.4. The highest BCUT2D eigenvalue weighted by Gasteiger charge is 2.22. The zero-order valence-corrected chi connectivity index (χ0v) is 14.6. The predicted molar refractivity (Wildman–Crippen MR) is 93.1 cm³/mol. The molecule has 5 heteroatoms. The summed E-state index contributed by atoms with van der Waals surface area (Å²) in [5.41, 5.74) is 1.02. The molecule has 0 bridgehead atoms. The van der Waals surface area contributed by atoms with Gasteiger partial charge in [-0.25, -0.2) is 0 Å². The van der Waals surface area contributed by atoms with Crippen LogP contribution in [0.2, 0.25) is 0 Å². The number of nitrogens with one attached hydrogen (secondary N) is 3. The lowest BCUT2D eigenvalue weighted by molar-refractivity contribution is -0.129. The van der Waals surface area contributed by atoms with Crippen molar-refractivity contribution in [3.8, 4) is 0 Å². The van der Waals surface area contributed by atoms with Crippen LogP contribution in [0, 0.1) is 5.92 Å². The fraction of sp³-hybridized carbons (Fsp3) is 0.556. The third-order valence-electron chi connectivity index (χ3n) is 3.49. The van der Waals surface area contributed by atoms with Gasteiger partial charge in [-0.3, -0.25) is 9.59 Å². The van der Waals surface area contributed by atoms with E-state index in [1.165, 1.54) is 0 Å². The second-order valence-electron chi connectivity index (χ2n) is 6.38. The van der Waals surface area contributed by atoms with Crippen LogP contribution in [0.4, 0.5) is 0 Å². The molecule has 0 radical (unpaired) electrons. The van der Waals surface area contributed by atoms with Crippen LogP contribution in [0.25, 0.3) is 0 Å². The van der Waals surface area contributed by atoms with E-state index in [-0.39, 0.29) is 24.4 Å². The molecule has 2 amide bonds. The fourth-order valence-corrected chi connectivity index (χ4v) is 2.57. The Morgan fingerprint density at radius 2 is 1.70 bits per heavy atom. The van der Waals surface area contributed by atoms with Gasteiger partial charge in [-0.15, -0.1) is 0 Å². The quantitative estimate of drug-likeness (QED) is 0.646. The maximum atomic E-state index is 12.5. The topological polar surface area (TPSA) is 70.2 Å². The first-order chi connectivity index (χ1) is 10.9. The first kappa shape index (κ1) is 19.2. The Balaban J connectivity index is 2.72. The molecule has 0 saturated heterocycles. The third-order valence-corrected chi connectivity index (χ3v) is 3.49. The van der Waals surface area contributed by atoms with Gasteiger partial charge in [0.05, 0.1) is 6.54 Å². The molecule has 3 N–H and O–H groups in total. The van der Waals surface area contributed by atoms with Crippen molar-refractivity contribution in [2.45, 2.75) is 45.7 Å². The molecule has 2 unspecified atom stereocenters. The Labute approximate surface area is 139 Å². The number of hydrogen-bond acceptors (Lipinski definition) is 3. The van der Waals surface area contributed by atoms with Crippen molar-refractivity contribution >= 4 is 11.8 Å². The van der Waals surface area contributed by atoms with E-state index < -0.39 is 6.04 Å². The van der Waals surface area contributed by atoms with Gasteiger partial charge in [-0.1, -0.05) is 44.2 Å². The van der Waals surface area contributed by atoms with E-state index in [0.717, 1.165) is 12.0 Å². The molecule has 1 aromatic carbocycles. The number of likely N-dealkylation sites (N-methyl/N-ethyl adjacent to an activating group) is 1. The molecule has 0 aliphatic rings. The highest BCUT2D eigenvalue weighted by atomic mass is 16.2. The summed E-state index contributed by atoms with van der Waals surface area (Å²) in [6, 6.07) is 9.24. The summed E-state index contributed by atoms with van der Waals surface area (Å²) in [6.45, 7) is 6.44. The Morgan fingerprint density at radius 1 is 1.04 bits per heavy atom. The Morgan fingerprint density at radius 3 is 2.26 bits per heavy atom. The maximum Gasteiger partial charge on any atom is 0.243 e. The number of rotatable bonds is 9. The van der Waals surface area contributed by atoms with E-state index in [0.29, 0.717) is 12.3 Å². The first-order valence-electron chi connectivity index (χ1n) is 8.20. The summed E-state index contributed by atoms with van der Waals surface area (Å²) in [5, 5.41) is 8.62. The number of amides is 2. The minimum atomic E-state index is -0.562. The lowest BCUT2D eigenvalue weighted by atomic mass is 10.0. The molecule has 2 atom stereocenters. The van der Waals surface area contributed by atoms with Crippen LogP contribution >= 0.6 is 0 Å². The van der Waals surface area contributed by atoms with E-state index in [1.807, 2.05) is 37.3 Å². The highest BCUT2D eigenvalue weighted by Crippen LogP contribution is 2.07. The van der Waals surface area contributed by atoms with Gasteiger partial charge in [0, 0.05) is 12.5 Å². The van der Waals surface area contributed by atoms with Crippen LogP contribution in [0.3, 0.4) is 0 Å². The molecule has 0 spiro atoms. The number of carbonyl (C=O) groups is 2. The molecule has 128 valence electrons. The molecule has 0 aromatic heterocycles. The van der Waals surface area contributed by atoms with E-state index in [1.54, 1.807) is 7.05 Å². The lowest BCUT2D eigenvalue weighted by Crippen LogP contribution is -2.51. The lowest BCUT2D eigenvalue weighted by Gasteiger charge is -2.22. The first-order valence-corrected chi connectivity index (χ1v) is 8.20. The molecule has 0 aliphatic carbocycles. The van der Waals surface area contributed by atoms with Crippen LogP contribution in [0.15, 0.2) is 30.3 Å². The molecule has 1 aromatic rings. The van der Waals surface area contributed by atoms with Gasteiger partial charge in [0.1, 0.15) is 6.04 Å². The average Bonchev–Trinajstić information content (AvgIpc) is 2.46. The Kier molecular flexibility index (Phi) is 8.33. The number of benzene rings is 1. The van der Waals surface area contributed by atoms with Crippen LogP contribution in [0.5, 0.6) is 0 Å². The molecule has 0 saturated carbocycles. The molecule has 0 aliphatic heterocycles. The zero-order chi connectivity index (χ0) is 17.2. The van der Waals surface area contributed by atoms with Gasteiger partial charge in [0.15, 0.2) is 0 Å². The summed E-state index contributed by atoms with van der Waals surface area (Å²) in [5.74, 6) is 0.198. The van der Waals surface area contributed by atoms with Crippen molar-refractivity contribution in [2.75, 3.05) is 13.6 Å². The molecule has 0 fully saturated rings. The SMILES string of the molecule is CNCC(=O)NC(Cc1ccccc1)C(=O)NC(C)CC(C)C. The predicted octanol–water partition coefficient (Wildman–Crippen LogP) is 1.48. The van der Waals surface area contributed by atoms with Crippen LogP contribution < -0.4 is 16.0 Å². The van der Waals surface area contributed by atoms with Crippen molar-refractivity contribution in [1.29, 1.82) is 0 Å². The summed E-state index contributed by atoms with van der Waals surface area (Å²) in [7, 11) is 1.70. The largest absolute Gasteiger partial charge is 0.352 e. The van der Waals surface area contributed by atoms with Crippen molar-refractivity contribution in [3.05, 3.63) is 35.9 Å². The number of hydrogen-bond donors (Lipinski definition) is 3. The Bertz CT molecular complexity index is 488. The van der Waals surface area contributed by atoms with E-state index in [9.17, 15) is 9.59 Å². The molecule has 1 rings (SSSR count). The maximum absolute atomic E-state index is 12.5. The molecular formula is C18H29N3O2. The highest BCUT2D eigenvalue weighted by molar-refractivity contribution is 5.88. The monoisotopic (exact) mass is 319 g/mol. The van der Waals surface area contributed by atoms with E-state index >= 15 is 0 Å². The summed E-state index contributed by atoms with van der Waals surface area (Å²) >= 11 is 0. The average molecular weight is 319 g/mol.